The zero-order valence-electron chi connectivity index (χ0n) is 19.9. The summed E-state index contributed by atoms with van der Waals surface area (Å²) in [5.74, 6) is -1.33. The fourth-order valence-electron chi connectivity index (χ4n) is 3.15. The third-order valence-electron chi connectivity index (χ3n) is 4.41. The van der Waals surface area contributed by atoms with Crippen LogP contribution >= 0.6 is 0 Å². The van der Waals surface area contributed by atoms with Crippen molar-refractivity contribution >= 4 is 34.7 Å². The molecule has 0 aliphatic carbocycles. The molecule has 0 aliphatic heterocycles. The van der Waals surface area contributed by atoms with E-state index in [1.165, 1.54) is 12.1 Å². The molecule has 0 unspecified atom stereocenters. The van der Waals surface area contributed by atoms with E-state index >= 15 is 0 Å². The number of nitrogens with zero attached hydrogens (tertiary/aromatic N) is 3. The van der Waals surface area contributed by atoms with Crippen molar-refractivity contribution in [2.75, 3.05) is 4.90 Å². The summed E-state index contributed by atoms with van der Waals surface area (Å²) >= 11 is 0. The van der Waals surface area contributed by atoms with Crippen LogP contribution in [0, 0.1) is 0 Å². The number of hydrogen-bond acceptors (Lipinski definition) is 7. The van der Waals surface area contributed by atoms with Gasteiger partial charge < -0.3 is 14.6 Å². The van der Waals surface area contributed by atoms with Crippen LogP contribution in [0.4, 0.5) is 15.3 Å². The second-order valence-corrected chi connectivity index (χ2v) is 9.57. The van der Waals surface area contributed by atoms with Crippen LogP contribution in [-0.2, 0) is 9.47 Å². The first-order chi connectivity index (χ1) is 15.8. The minimum atomic E-state index is -1.33. The molecule has 3 rings (SSSR count). The molecule has 0 spiro atoms. The van der Waals surface area contributed by atoms with Crippen LogP contribution < -0.4 is 4.90 Å². The summed E-state index contributed by atoms with van der Waals surface area (Å²) in [5, 5.41) is 10.1. The molecule has 0 bridgehead atoms. The summed E-state index contributed by atoms with van der Waals surface area (Å²) < 4.78 is 10.9. The first kappa shape index (κ1) is 24.6. The van der Waals surface area contributed by atoms with Crippen LogP contribution in [-0.4, -0.2) is 44.4 Å². The molecule has 2 heterocycles. The number of benzene rings is 1. The Morgan fingerprint density at radius 2 is 1.50 bits per heavy atom. The fraction of sp³-hybridized carbons (Fsp3) is 0.320. The molecule has 0 fully saturated rings. The van der Waals surface area contributed by atoms with E-state index < -0.39 is 29.4 Å². The summed E-state index contributed by atoms with van der Waals surface area (Å²) in [6, 6.07) is 9.69. The van der Waals surface area contributed by atoms with Gasteiger partial charge in [-0.05, 0) is 77.9 Å². The highest BCUT2D eigenvalue weighted by Crippen LogP contribution is 2.34. The SMILES string of the molecule is CC(C)(C)OC(=O)N(C(=O)OC(C)(C)C)c1c(C(=O)O)ccc2nc(-c3cccnc3)ccc12. The zero-order valence-corrected chi connectivity index (χ0v) is 19.9. The molecule has 2 aromatic heterocycles. The quantitative estimate of drug-likeness (QED) is 0.525. The molecule has 0 saturated carbocycles. The molecule has 0 aliphatic rings. The van der Waals surface area contributed by atoms with Gasteiger partial charge in [-0.15, -0.1) is 0 Å². The minimum Gasteiger partial charge on any atom is -0.478 e. The predicted molar refractivity (Wildman–Crippen MR) is 127 cm³/mol. The zero-order chi connectivity index (χ0) is 25.3. The molecule has 1 aromatic carbocycles. The maximum atomic E-state index is 13.2. The lowest BCUT2D eigenvalue weighted by atomic mass is 10.0. The Hall–Kier alpha value is -4.01. The maximum absolute atomic E-state index is 13.2. The highest BCUT2D eigenvalue weighted by Gasteiger charge is 2.36. The first-order valence-electron chi connectivity index (χ1n) is 10.6. The van der Waals surface area contributed by atoms with Gasteiger partial charge >= 0.3 is 18.2 Å². The lowest BCUT2D eigenvalue weighted by molar-refractivity contribution is 0.0431. The monoisotopic (exact) mass is 465 g/mol. The number of hydrogen-bond donors (Lipinski definition) is 1. The van der Waals surface area contributed by atoms with E-state index in [0.717, 1.165) is 5.56 Å². The van der Waals surface area contributed by atoms with E-state index in [4.69, 9.17) is 9.47 Å². The lowest BCUT2D eigenvalue weighted by Gasteiger charge is -2.29. The van der Waals surface area contributed by atoms with Crippen molar-refractivity contribution in [2.24, 2.45) is 0 Å². The van der Waals surface area contributed by atoms with Gasteiger partial charge in [0.15, 0.2) is 0 Å². The van der Waals surface area contributed by atoms with Gasteiger partial charge in [0.2, 0.25) is 0 Å². The van der Waals surface area contributed by atoms with Crippen LogP contribution in [0.25, 0.3) is 22.2 Å². The van der Waals surface area contributed by atoms with E-state index in [9.17, 15) is 19.5 Å². The molecule has 9 heteroatoms. The average Bonchev–Trinajstić information content (AvgIpc) is 2.71. The predicted octanol–water partition coefficient (Wildman–Crippen LogP) is 5.67. The van der Waals surface area contributed by atoms with Crippen molar-refractivity contribution in [3.63, 3.8) is 0 Å². The van der Waals surface area contributed by atoms with Crippen molar-refractivity contribution in [1.82, 2.24) is 9.97 Å². The maximum Gasteiger partial charge on any atom is 0.424 e. The molecule has 178 valence electrons. The molecule has 0 atom stereocenters. The first-order valence-corrected chi connectivity index (χ1v) is 10.6. The Bertz CT molecular complexity index is 1220. The molecule has 34 heavy (non-hydrogen) atoms. The van der Waals surface area contributed by atoms with Gasteiger partial charge in [0, 0.05) is 23.3 Å². The number of rotatable bonds is 3. The fourth-order valence-corrected chi connectivity index (χ4v) is 3.15. The van der Waals surface area contributed by atoms with Gasteiger partial charge in [-0.25, -0.2) is 19.4 Å². The molecular weight excluding hydrogens is 438 g/mol. The van der Waals surface area contributed by atoms with Gasteiger partial charge in [0.25, 0.3) is 0 Å². The number of aromatic nitrogens is 2. The number of anilines is 1. The third kappa shape index (κ3) is 5.67. The number of ether oxygens (including phenoxy) is 2. The number of carboxylic acids is 1. The van der Waals surface area contributed by atoms with Gasteiger partial charge in [0.05, 0.1) is 22.5 Å². The second kappa shape index (κ2) is 9.09. The number of pyridine rings is 2. The topological polar surface area (TPSA) is 119 Å². The Morgan fingerprint density at radius 1 is 0.882 bits per heavy atom. The number of carbonyl (C=O) groups excluding carboxylic acids is 2. The summed E-state index contributed by atoms with van der Waals surface area (Å²) in [6.45, 7) is 9.84. The number of imide groups is 1. The van der Waals surface area contributed by atoms with Crippen LogP contribution in [0.15, 0.2) is 48.8 Å². The van der Waals surface area contributed by atoms with Crippen LogP contribution in [0.1, 0.15) is 51.9 Å². The van der Waals surface area contributed by atoms with E-state index in [2.05, 4.69) is 9.97 Å². The normalized spacial score (nSPS) is 11.7. The molecule has 9 nitrogen and oxygen atoms in total. The van der Waals surface area contributed by atoms with Crippen molar-refractivity contribution in [3.05, 3.63) is 54.4 Å². The highest BCUT2D eigenvalue weighted by atomic mass is 16.6. The van der Waals surface area contributed by atoms with E-state index in [1.54, 1.807) is 72.1 Å². The molecular formula is C25H27N3O6. The number of fused-ring (bicyclic) bond motifs is 1. The Labute approximate surface area is 197 Å². The number of carboxylic acid groups (broad SMARTS) is 1. The van der Waals surface area contributed by atoms with Crippen LogP contribution in [0.3, 0.4) is 0 Å². The largest absolute Gasteiger partial charge is 0.478 e. The summed E-state index contributed by atoms with van der Waals surface area (Å²) in [6.07, 6.45) is 1.16. The number of amides is 2. The highest BCUT2D eigenvalue weighted by molar-refractivity contribution is 6.19. The summed E-state index contributed by atoms with van der Waals surface area (Å²) in [7, 11) is 0. The third-order valence-corrected chi connectivity index (χ3v) is 4.41. The Kier molecular flexibility index (Phi) is 6.58. The van der Waals surface area contributed by atoms with Gasteiger partial charge in [-0.1, -0.05) is 0 Å². The van der Waals surface area contributed by atoms with Crippen molar-refractivity contribution < 1.29 is 29.0 Å². The molecule has 0 saturated heterocycles. The number of aromatic carboxylic acids is 1. The lowest BCUT2D eigenvalue weighted by Crippen LogP contribution is -2.44. The Balaban J connectivity index is 2.26. The van der Waals surface area contributed by atoms with Crippen molar-refractivity contribution in [3.8, 4) is 11.3 Å². The summed E-state index contributed by atoms with van der Waals surface area (Å²) in [4.78, 5) is 47.8. The van der Waals surface area contributed by atoms with Gasteiger partial charge in [-0.3, -0.25) is 4.98 Å². The number of carbonyl (C=O) groups is 3. The molecule has 2 amide bonds. The average molecular weight is 466 g/mol. The van der Waals surface area contributed by atoms with Crippen molar-refractivity contribution in [1.29, 1.82) is 0 Å². The standard InChI is InChI=1S/C25H27N3O6/c1-24(2,3)33-22(31)28(23(32)34-25(4,5)6)20-16-9-11-18(15-8-7-13-26-14-15)27-19(16)12-10-17(20)21(29)30/h7-14H,1-6H3,(H,29,30). The van der Waals surface area contributed by atoms with E-state index in [1.807, 2.05) is 6.07 Å². The van der Waals surface area contributed by atoms with E-state index in [0.29, 0.717) is 16.1 Å². The van der Waals surface area contributed by atoms with Gasteiger partial charge in [0.1, 0.15) is 11.2 Å². The molecule has 1 N–H and O–H groups in total. The molecule has 3 aromatic rings. The van der Waals surface area contributed by atoms with E-state index in [-0.39, 0.29) is 16.6 Å². The molecule has 0 radical (unpaired) electrons. The van der Waals surface area contributed by atoms with Crippen LogP contribution in [0.2, 0.25) is 0 Å². The van der Waals surface area contributed by atoms with Crippen molar-refractivity contribution in [2.45, 2.75) is 52.7 Å². The smallest absolute Gasteiger partial charge is 0.424 e. The summed E-state index contributed by atoms with van der Waals surface area (Å²) in [5.41, 5.74) is -0.633. The van der Waals surface area contributed by atoms with Gasteiger partial charge in [-0.2, -0.15) is 4.90 Å². The second-order valence-electron chi connectivity index (χ2n) is 9.57. The minimum absolute atomic E-state index is 0.182. The van der Waals surface area contributed by atoms with Crippen LogP contribution in [0.5, 0.6) is 0 Å². The Morgan fingerprint density at radius 3 is 2.00 bits per heavy atom.